The molecule has 1 saturated heterocycles. The number of fused-ring (bicyclic) bond motifs is 1. The minimum atomic E-state index is -0.441. The maximum absolute atomic E-state index is 12.8. The molecule has 8 heteroatoms. The van der Waals surface area contributed by atoms with Gasteiger partial charge >= 0.3 is 5.97 Å². The Morgan fingerprint density at radius 2 is 2.00 bits per heavy atom. The summed E-state index contributed by atoms with van der Waals surface area (Å²) in [5.74, 6) is -0.627. The van der Waals surface area contributed by atoms with Gasteiger partial charge in [0.05, 0.1) is 30.8 Å². The minimum Gasteiger partial charge on any atom is -0.465 e. The van der Waals surface area contributed by atoms with Gasteiger partial charge in [0, 0.05) is 29.6 Å². The molecule has 0 bridgehead atoms. The summed E-state index contributed by atoms with van der Waals surface area (Å²) in [6.07, 6.45) is 2.14. The van der Waals surface area contributed by atoms with Crippen molar-refractivity contribution in [3.63, 3.8) is 0 Å². The number of ether oxygens (including phenoxy) is 2. The molecule has 4 rings (SSSR count). The Bertz CT molecular complexity index is 964. The van der Waals surface area contributed by atoms with E-state index in [-0.39, 0.29) is 17.7 Å². The van der Waals surface area contributed by atoms with E-state index in [9.17, 15) is 14.4 Å². The normalized spacial score (nSPS) is 18.4. The van der Waals surface area contributed by atoms with E-state index in [1.165, 1.54) is 12.0 Å². The summed E-state index contributed by atoms with van der Waals surface area (Å²) in [5, 5.41) is 2.91. The first-order valence-electron chi connectivity index (χ1n) is 10.0. The van der Waals surface area contributed by atoms with Gasteiger partial charge in [0.2, 0.25) is 5.91 Å². The standard InChI is InChI=1S/C22H24N2O5S/c1-28-22(27)15-3-2-4-17(12-15)23-20(25)14-5-6-18-16(11-14)13-19(30-18)21(26)24-7-9-29-10-8-24/h2-4,12-14H,5-11H2,1H3,(H,23,25)/t14-/m1/s1. The van der Waals surface area contributed by atoms with Gasteiger partial charge in [-0.2, -0.15) is 0 Å². The number of esters is 1. The van der Waals surface area contributed by atoms with E-state index >= 15 is 0 Å². The smallest absolute Gasteiger partial charge is 0.337 e. The summed E-state index contributed by atoms with van der Waals surface area (Å²) in [7, 11) is 1.33. The number of carbonyl (C=O) groups excluding carboxylic acids is 3. The van der Waals surface area contributed by atoms with Crippen LogP contribution in [0.15, 0.2) is 30.3 Å². The Morgan fingerprint density at radius 3 is 2.77 bits per heavy atom. The molecule has 0 saturated carbocycles. The van der Waals surface area contributed by atoms with Gasteiger partial charge in [0.15, 0.2) is 0 Å². The van der Waals surface area contributed by atoms with Crippen molar-refractivity contribution >= 4 is 34.8 Å². The lowest BCUT2D eigenvalue weighted by Gasteiger charge is -2.26. The molecule has 30 heavy (non-hydrogen) atoms. The summed E-state index contributed by atoms with van der Waals surface area (Å²) in [6.45, 7) is 2.40. The lowest BCUT2D eigenvalue weighted by atomic mass is 9.87. The van der Waals surface area contributed by atoms with E-state index < -0.39 is 5.97 Å². The first-order chi connectivity index (χ1) is 14.5. The fraction of sp³-hybridized carbons (Fsp3) is 0.409. The van der Waals surface area contributed by atoms with E-state index in [0.717, 1.165) is 23.3 Å². The average molecular weight is 429 g/mol. The van der Waals surface area contributed by atoms with Crippen molar-refractivity contribution in [3.8, 4) is 0 Å². The fourth-order valence-corrected chi connectivity index (χ4v) is 5.04. The zero-order valence-electron chi connectivity index (χ0n) is 16.8. The molecule has 158 valence electrons. The first kappa shape index (κ1) is 20.6. The molecule has 2 amide bonds. The van der Waals surface area contributed by atoms with Gasteiger partial charge in [-0.3, -0.25) is 9.59 Å². The lowest BCUT2D eigenvalue weighted by molar-refractivity contribution is -0.120. The van der Waals surface area contributed by atoms with Gasteiger partial charge in [-0.05, 0) is 49.1 Å². The van der Waals surface area contributed by atoms with Crippen LogP contribution in [0, 0.1) is 5.92 Å². The summed E-state index contributed by atoms with van der Waals surface area (Å²) in [6, 6.07) is 8.68. The number of aryl methyl sites for hydroxylation is 1. The van der Waals surface area contributed by atoms with Gasteiger partial charge in [-0.15, -0.1) is 11.3 Å². The molecule has 1 aromatic carbocycles. The zero-order chi connectivity index (χ0) is 21.1. The second-order valence-electron chi connectivity index (χ2n) is 7.46. The SMILES string of the molecule is COC(=O)c1cccc(NC(=O)[C@@H]2CCc3sc(C(=O)N4CCOCC4)cc3C2)c1. The van der Waals surface area contributed by atoms with E-state index in [1.54, 1.807) is 35.6 Å². The van der Waals surface area contributed by atoms with Crippen molar-refractivity contribution in [1.29, 1.82) is 0 Å². The molecular formula is C22H24N2O5S. The highest BCUT2D eigenvalue weighted by molar-refractivity contribution is 7.14. The second kappa shape index (κ2) is 8.97. The Morgan fingerprint density at radius 1 is 1.20 bits per heavy atom. The first-order valence-corrected chi connectivity index (χ1v) is 10.8. The molecule has 0 spiro atoms. The van der Waals surface area contributed by atoms with Crippen molar-refractivity contribution in [1.82, 2.24) is 4.90 Å². The molecule has 1 aliphatic carbocycles. The predicted octanol–water partition coefficient (Wildman–Crippen LogP) is 2.75. The number of anilines is 1. The number of methoxy groups -OCH3 is 1. The summed E-state index contributed by atoms with van der Waals surface area (Å²) in [5.41, 5.74) is 2.05. The van der Waals surface area contributed by atoms with Gasteiger partial charge < -0.3 is 19.7 Å². The third-order valence-electron chi connectivity index (χ3n) is 5.51. The summed E-state index contributed by atoms with van der Waals surface area (Å²) < 4.78 is 10.1. The predicted molar refractivity (Wildman–Crippen MR) is 113 cm³/mol. The topological polar surface area (TPSA) is 84.9 Å². The molecule has 2 aliphatic rings. The Kier molecular flexibility index (Phi) is 6.15. The molecule has 2 aromatic rings. The van der Waals surface area contributed by atoms with Gasteiger partial charge in [0.25, 0.3) is 5.91 Å². The fourth-order valence-electron chi connectivity index (χ4n) is 3.86. The van der Waals surface area contributed by atoms with Crippen LogP contribution in [0.2, 0.25) is 0 Å². The van der Waals surface area contributed by atoms with Gasteiger partial charge in [0.1, 0.15) is 0 Å². The second-order valence-corrected chi connectivity index (χ2v) is 8.60. The number of benzene rings is 1. The Balaban J connectivity index is 1.41. The summed E-state index contributed by atoms with van der Waals surface area (Å²) >= 11 is 1.55. The van der Waals surface area contributed by atoms with Crippen LogP contribution in [0.5, 0.6) is 0 Å². The van der Waals surface area contributed by atoms with E-state index in [2.05, 4.69) is 5.32 Å². The van der Waals surface area contributed by atoms with E-state index in [4.69, 9.17) is 9.47 Å². The molecule has 1 fully saturated rings. The maximum Gasteiger partial charge on any atom is 0.337 e. The van der Waals surface area contributed by atoms with E-state index in [1.807, 2.05) is 11.0 Å². The molecule has 1 atom stereocenters. The highest BCUT2D eigenvalue weighted by Crippen LogP contribution is 2.33. The Hall–Kier alpha value is -2.71. The molecule has 1 aromatic heterocycles. The largest absolute Gasteiger partial charge is 0.465 e. The van der Waals surface area contributed by atoms with Crippen LogP contribution < -0.4 is 5.32 Å². The van der Waals surface area contributed by atoms with Gasteiger partial charge in [-0.1, -0.05) is 6.07 Å². The highest BCUT2D eigenvalue weighted by atomic mass is 32.1. The number of morpholine rings is 1. The van der Waals surface area contributed by atoms with Crippen LogP contribution in [0.3, 0.4) is 0 Å². The maximum atomic E-state index is 12.8. The molecule has 0 radical (unpaired) electrons. The van der Waals surface area contributed by atoms with Crippen LogP contribution in [-0.2, 0) is 27.1 Å². The van der Waals surface area contributed by atoms with Crippen LogP contribution in [-0.4, -0.2) is 56.1 Å². The van der Waals surface area contributed by atoms with Gasteiger partial charge in [-0.25, -0.2) is 4.79 Å². The van der Waals surface area contributed by atoms with E-state index in [0.29, 0.717) is 44.0 Å². The summed E-state index contributed by atoms with van der Waals surface area (Å²) in [4.78, 5) is 41.0. The lowest BCUT2D eigenvalue weighted by Crippen LogP contribution is -2.40. The molecule has 2 heterocycles. The molecule has 1 N–H and O–H groups in total. The molecule has 7 nitrogen and oxygen atoms in total. The van der Waals surface area contributed by atoms with Crippen molar-refractivity contribution < 1.29 is 23.9 Å². The van der Waals surface area contributed by atoms with Crippen molar-refractivity contribution in [2.45, 2.75) is 19.3 Å². The number of thiophene rings is 1. The third kappa shape index (κ3) is 4.39. The van der Waals surface area contributed by atoms with Crippen LogP contribution in [0.1, 0.15) is 36.9 Å². The molecule has 1 aliphatic heterocycles. The highest BCUT2D eigenvalue weighted by Gasteiger charge is 2.29. The minimum absolute atomic E-state index is 0.0540. The number of rotatable bonds is 4. The van der Waals surface area contributed by atoms with Crippen molar-refractivity contribution in [2.75, 3.05) is 38.7 Å². The van der Waals surface area contributed by atoms with Crippen molar-refractivity contribution in [3.05, 3.63) is 51.2 Å². The van der Waals surface area contributed by atoms with Crippen LogP contribution >= 0.6 is 11.3 Å². The quantitative estimate of drug-likeness (QED) is 0.757. The number of hydrogen-bond donors (Lipinski definition) is 1. The average Bonchev–Trinajstić information content (AvgIpc) is 3.22. The third-order valence-corrected chi connectivity index (χ3v) is 6.74. The van der Waals surface area contributed by atoms with Crippen LogP contribution in [0.4, 0.5) is 5.69 Å². The number of amides is 2. The zero-order valence-corrected chi connectivity index (χ0v) is 17.6. The number of nitrogens with one attached hydrogen (secondary N) is 1. The molecule has 0 unspecified atom stereocenters. The molecular weight excluding hydrogens is 404 g/mol. The number of carbonyl (C=O) groups is 3. The van der Waals surface area contributed by atoms with Crippen molar-refractivity contribution in [2.24, 2.45) is 5.92 Å². The Labute approximate surface area is 179 Å². The van der Waals surface area contributed by atoms with Crippen LogP contribution in [0.25, 0.3) is 0 Å². The number of hydrogen-bond acceptors (Lipinski definition) is 6. The number of nitrogens with zero attached hydrogens (tertiary/aromatic N) is 1. The monoisotopic (exact) mass is 428 g/mol.